The van der Waals surface area contributed by atoms with Crippen molar-refractivity contribution in [2.75, 3.05) is 0 Å². The molecular formula is C7H8ClN5O. The van der Waals surface area contributed by atoms with Crippen LogP contribution in [0.5, 0.6) is 0 Å². The van der Waals surface area contributed by atoms with E-state index in [0.29, 0.717) is 24.1 Å². The molecule has 0 N–H and O–H groups in total. The molecule has 0 fully saturated rings. The van der Waals surface area contributed by atoms with E-state index in [0.717, 1.165) is 5.69 Å². The van der Waals surface area contributed by atoms with Gasteiger partial charge in [0.25, 0.3) is 0 Å². The first-order chi connectivity index (χ1) is 6.78. The van der Waals surface area contributed by atoms with E-state index in [1.54, 1.807) is 17.8 Å². The average Bonchev–Trinajstić information content (AvgIpc) is 2.76. The minimum absolute atomic E-state index is 0.352. The Bertz CT molecular complexity index is 423. The van der Waals surface area contributed by atoms with Crippen LogP contribution in [0, 0.1) is 6.92 Å². The summed E-state index contributed by atoms with van der Waals surface area (Å²) in [5.41, 5.74) is 0.729. The third kappa shape index (κ3) is 1.90. The SMILES string of the molecule is Cc1nc(Cn2cc(CCl)nn2)no1. The molecule has 0 bridgehead atoms. The molecule has 0 radical (unpaired) electrons. The molecule has 0 aliphatic rings. The van der Waals surface area contributed by atoms with Crippen molar-refractivity contribution in [1.29, 1.82) is 0 Å². The smallest absolute Gasteiger partial charge is 0.223 e. The van der Waals surface area contributed by atoms with Crippen LogP contribution in [0.1, 0.15) is 17.4 Å². The molecule has 2 aromatic heterocycles. The predicted octanol–water partition coefficient (Wildman–Crippen LogP) is 0.757. The predicted molar refractivity (Wildman–Crippen MR) is 47.7 cm³/mol. The maximum absolute atomic E-state index is 5.58. The van der Waals surface area contributed by atoms with Gasteiger partial charge in [0.05, 0.1) is 17.8 Å². The lowest BCUT2D eigenvalue weighted by molar-refractivity contribution is 0.385. The standard InChI is InChI=1S/C7H8ClN5O/c1-5-9-7(11-14-5)4-13-3-6(2-8)10-12-13/h3H,2,4H2,1H3. The molecule has 0 aliphatic heterocycles. The van der Waals surface area contributed by atoms with Gasteiger partial charge in [-0.3, -0.25) is 0 Å². The molecule has 7 heteroatoms. The highest BCUT2D eigenvalue weighted by atomic mass is 35.5. The van der Waals surface area contributed by atoms with Crippen LogP contribution in [0.4, 0.5) is 0 Å². The Balaban J connectivity index is 2.10. The molecule has 0 aromatic carbocycles. The number of aryl methyl sites for hydroxylation is 1. The molecule has 0 saturated heterocycles. The van der Waals surface area contributed by atoms with E-state index < -0.39 is 0 Å². The second-order valence-electron chi connectivity index (χ2n) is 2.77. The molecule has 0 saturated carbocycles. The number of hydrogen-bond donors (Lipinski definition) is 0. The summed E-state index contributed by atoms with van der Waals surface area (Å²) in [6.45, 7) is 2.18. The molecule has 2 heterocycles. The summed E-state index contributed by atoms with van der Waals surface area (Å²) in [7, 11) is 0. The van der Waals surface area contributed by atoms with Crippen LogP contribution in [0.2, 0.25) is 0 Å². The molecule has 6 nitrogen and oxygen atoms in total. The highest BCUT2D eigenvalue weighted by molar-refractivity contribution is 6.16. The monoisotopic (exact) mass is 213 g/mol. The van der Waals surface area contributed by atoms with Crippen LogP contribution >= 0.6 is 11.6 Å². The van der Waals surface area contributed by atoms with E-state index in [4.69, 9.17) is 16.1 Å². The van der Waals surface area contributed by atoms with Gasteiger partial charge in [-0.15, -0.1) is 16.7 Å². The zero-order valence-corrected chi connectivity index (χ0v) is 8.27. The Labute approximate surface area is 84.9 Å². The van der Waals surface area contributed by atoms with Crippen molar-refractivity contribution in [2.45, 2.75) is 19.3 Å². The number of aromatic nitrogens is 5. The van der Waals surface area contributed by atoms with Gasteiger partial charge in [-0.05, 0) is 0 Å². The van der Waals surface area contributed by atoms with Crippen LogP contribution in [0.15, 0.2) is 10.7 Å². The summed E-state index contributed by atoms with van der Waals surface area (Å²) >= 11 is 5.58. The van der Waals surface area contributed by atoms with E-state index in [1.165, 1.54) is 0 Å². The highest BCUT2D eigenvalue weighted by Gasteiger charge is 2.05. The van der Waals surface area contributed by atoms with Crippen LogP contribution < -0.4 is 0 Å². The van der Waals surface area contributed by atoms with Gasteiger partial charge in [0.1, 0.15) is 6.54 Å². The molecule has 0 unspecified atom stereocenters. The summed E-state index contributed by atoms with van der Waals surface area (Å²) in [4.78, 5) is 4.04. The van der Waals surface area contributed by atoms with E-state index in [-0.39, 0.29) is 0 Å². The fraction of sp³-hybridized carbons (Fsp3) is 0.429. The van der Waals surface area contributed by atoms with Crippen molar-refractivity contribution >= 4 is 11.6 Å². The van der Waals surface area contributed by atoms with E-state index in [9.17, 15) is 0 Å². The van der Waals surface area contributed by atoms with Crippen molar-refractivity contribution in [3.8, 4) is 0 Å². The summed E-state index contributed by atoms with van der Waals surface area (Å²) in [5, 5.41) is 11.4. The summed E-state index contributed by atoms with van der Waals surface area (Å²) in [6.07, 6.45) is 1.75. The van der Waals surface area contributed by atoms with Crippen LogP contribution in [-0.4, -0.2) is 25.1 Å². The molecule has 0 aliphatic carbocycles. The summed E-state index contributed by atoms with van der Waals surface area (Å²) in [5.74, 6) is 1.47. The third-order valence-electron chi connectivity index (χ3n) is 1.60. The third-order valence-corrected chi connectivity index (χ3v) is 1.87. The number of rotatable bonds is 3. The van der Waals surface area contributed by atoms with Gasteiger partial charge < -0.3 is 4.52 Å². The molecule has 0 atom stereocenters. The van der Waals surface area contributed by atoms with E-state index >= 15 is 0 Å². The molecular weight excluding hydrogens is 206 g/mol. The molecule has 2 aromatic rings. The minimum Gasteiger partial charge on any atom is -0.340 e. The van der Waals surface area contributed by atoms with Gasteiger partial charge in [-0.25, -0.2) is 4.68 Å². The molecule has 2 rings (SSSR count). The van der Waals surface area contributed by atoms with Gasteiger partial charge in [0.15, 0.2) is 5.82 Å². The maximum Gasteiger partial charge on any atom is 0.223 e. The second kappa shape index (κ2) is 3.75. The number of hydrogen-bond acceptors (Lipinski definition) is 5. The van der Waals surface area contributed by atoms with Crippen molar-refractivity contribution in [2.24, 2.45) is 0 Å². The zero-order valence-electron chi connectivity index (χ0n) is 7.51. The molecule has 0 spiro atoms. The lowest BCUT2D eigenvalue weighted by atomic mass is 10.5. The van der Waals surface area contributed by atoms with Crippen molar-refractivity contribution in [1.82, 2.24) is 25.1 Å². The fourth-order valence-electron chi connectivity index (χ4n) is 1.03. The van der Waals surface area contributed by atoms with E-state index in [2.05, 4.69) is 20.5 Å². The minimum atomic E-state index is 0.352. The van der Waals surface area contributed by atoms with Gasteiger partial charge in [-0.1, -0.05) is 10.4 Å². The zero-order chi connectivity index (χ0) is 9.97. The first kappa shape index (κ1) is 9.14. The van der Waals surface area contributed by atoms with Crippen LogP contribution in [-0.2, 0) is 12.4 Å². The maximum atomic E-state index is 5.58. The largest absolute Gasteiger partial charge is 0.340 e. The first-order valence-electron chi connectivity index (χ1n) is 4.02. The summed E-state index contributed by atoms with van der Waals surface area (Å²) < 4.78 is 6.43. The van der Waals surface area contributed by atoms with Crippen molar-refractivity contribution in [3.05, 3.63) is 23.6 Å². The topological polar surface area (TPSA) is 69.6 Å². The second-order valence-corrected chi connectivity index (χ2v) is 3.04. The Morgan fingerprint density at radius 2 is 2.43 bits per heavy atom. The lowest BCUT2D eigenvalue weighted by Gasteiger charge is -1.91. The van der Waals surface area contributed by atoms with Gasteiger partial charge in [-0.2, -0.15) is 4.98 Å². The fourth-order valence-corrected chi connectivity index (χ4v) is 1.15. The van der Waals surface area contributed by atoms with Crippen molar-refractivity contribution in [3.63, 3.8) is 0 Å². The number of nitrogens with zero attached hydrogens (tertiary/aromatic N) is 5. The highest BCUT2D eigenvalue weighted by Crippen LogP contribution is 2.01. The Morgan fingerprint density at radius 1 is 1.57 bits per heavy atom. The van der Waals surface area contributed by atoms with Gasteiger partial charge >= 0.3 is 0 Å². The molecule has 74 valence electrons. The average molecular weight is 214 g/mol. The quantitative estimate of drug-likeness (QED) is 0.704. The van der Waals surface area contributed by atoms with Crippen LogP contribution in [0.25, 0.3) is 0 Å². The normalized spacial score (nSPS) is 10.7. The molecule has 0 amide bonds. The number of halogens is 1. The van der Waals surface area contributed by atoms with Crippen molar-refractivity contribution < 1.29 is 4.52 Å². The van der Waals surface area contributed by atoms with Crippen LogP contribution in [0.3, 0.4) is 0 Å². The van der Waals surface area contributed by atoms with Gasteiger partial charge in [0.2, 0.25) is 5.89 Å². The van der Waals surface area contributed by atoms with E-state index in [1.807, 2.05) is 0 Å². The van der Waals surface area contributed by atoms with Gasteiger partial charge in [0, 0.05) is 6.92 Å². The Morgan fingerprint density at radius 3 is 3.00 bits per heavy atom. The summed E-state index contributed by atoms with van der Waals surface area (Å²) in [6, 6.07) is 0. The Kier molecular flexibility index (Phi) is 2.45. The lowest BCUT2D eigenvalue weighted by Crippen LogP contribution is -2.02. The Hall–Kier alpha value is -1.43. The molecule has 14 heavy (non-hydrogen) atoms. The number of alkyl halides is 1. The first-order valence-corrected chi connectivity index (χ1v) is 4.55.